The van der Waals surface area contributed by atoms with Gasteiger partial charge in [-0.3, -0.25) is 9.59 Å². The molecule has 5 N–H and O–H groups in total. The van der Waals surface area contributed by atoms with Gasteiger partial charge in [0.2, 0.25) is 5.91 Å². The van der Waals surface area contributed by atoms with E-state index in [-0.39, 0.29) is 19.1 Å². The highest BCUT2D eigenvalue weighted by Crippen LogP contribution is 2.27. The summed E-state index contributed by atoms with van der Waals surface area (Å²) in [5, 5.41) is 3.66. The molecule has 0 aliphatic heterocycles. The minimum Gasteiger partial charge on any atom is -0.399 e. The Kier molecular flexibility index (Phi) is 4.54. The van der Waals surface area contributed by atoms with Crippen LogP contribution in [0.5, 0.6) is 0 Å². The van der Waals surface area contributed by atoms with Crippen LogP contribution < -0.4 is 16.8 Å². The first-order chi connectivity index (χ1) is 9.56. The standard InChI is InChI=1S/C13H15N3O3S/c14-9-1-2-10-8(5-9)6-11(20-10)13(18)16-3-4-19-7-12(15)17/h1-2,5-6H,3-4,7,14H2,(H2,15,17)(H,16,18). The number of rotatable bonds is 6. The first kappa shape index (κ1) is 14.3. The number of nitrogen functional groups attached to an aromatic ring is 1. The minimum absolute atomic E-state index is 0.141. The number of nitrogens with two attached hydrogens (primary N) is 2. The highest BCUT2D eigenvalue weighted by atomic mass is 32.1. The first-order valence-corrected chi connectivity index (χ1v) is 6.81. The van der Waals surface area contributed by atoms with Crippen molar-refractivity contribution in [1.82, 2.24) is 5.32 Å². The van der Waals surface area contributed by atoms with Gasteiger partial charge >= 0.3 is 0 Å². The fourth-order valence-corrected chi connectivity index (χ4v) is 2.63. The maximum Gasteiger partial charge on any atom is 0.261 e. The number of anilines is 1. The Morgan fingerprint density at radius 3 is 2.85 bits per heavy atom. The van der Waals surface area contributed by atoms with Gasteiger partial charge in [0, 0.05) is 16.9 Å². The molecule has 106 valence electrons. The molecule has 0 spiro atoms. The second-order valence-electron chi connectivity index (χ2n) is 4.18. The van der Waals surface area contributed by atoms with Gasteiger partial charge < -0.3 is 21.5 Å². The van der Waals surface area contributed by atoms with E-state index in [9.17, 15) is 9.59 Å². The van der Waals surface area contributed by atoms with E-state index in [1.807, 2.05) is 12.1 Å². The van der Waals surface area contributed by atoms with Crippen LogP contribution >= 0.6 is 11.3 Å². The maximum atomic E-state index is 11.9. The number of thiophene rings is 1. The zero-order chi connectivity index (χ0) is 14.5. The van der Waals surface area contributed by atoms with Crippen molar-refractivity contribution in [3.8, 4) is 0 Å². The van der Waals surface area contributed by atoms with Gasteiger partial charge in [-0.15, -0.1) is 11.3 Å². The van der Waals surface area contributed by atoms with Crippen LogP contribution in [0.2, 0.25) is 0 Å². The molecule has 0 aliphatic rings. The van der Waals surface area contributed by atoms with Crippen molar-refractivity contribution in [2.24, 2.45) is 5.73 Å². The molecule has 20 heavy (non-hydrogen) atoms. The number of hydrogen-bond acceptors (Lipinski definition) is 5. The largest absolute Gasteiger partial charge is 0.399 e. The third-order valence-electron chi connectivity index (χ3n) is 2.54. The number of nitrogens with one attached hydrogen (secondary N) is 1. The molecule has 0 saturated heterocycles. The summed E-state index contributed by atoms with van der Waals surface area (Å²) < 4.78 is 5.96. The molecule has 0 bridgehead atoms. The third-order valence-corrected chi connectivity index (χ3v) is 3.66. The third kappa shape index (κ3) is 3.69. The molecule has 1 aromatic carbocycles. The smallest absolute Gasteiger partial charge is 0.261 e. The molecule has 0 atom stereocenters. The van der Waals surface area contributed by atoms with Crippen molar-refractivity contribution in [2.75, 3.05) is 25.5 Å². The molecule has 0 fully saturated rings. The van der Waals surface area contributed by atoms with E-state index in [0.29, 0.717) is 17.1 Å². The van der Waals surface area contributed by atoms with Crippen molar-refractivity contribution in [1.29, 1.82) is 0 Å². The van der Waals surface area contributed by atoms with Crippen molar-refractivity contribution >= 4 is 38.9 Å². The van der Waals surface area contributed by atoms with Crippen LogP contribution in [0.1, 0.15) is 9.67 Å². The fraction of sp³-hybridized carbons (Fsp3) is 0.231. The molecule has 2 amide bonds. The topological polar surface area (TPSA) is 107 Å². The summed E-state index contributed by atoms with van der Waals surface area (Å²) in [6.07, 6.45) is 0. The lowest BCUT2D eigenvalue weighted by molar-refractivity contribution is -0.122. The van der Waals surface area contributed by atoms with E-state index in [1.165, 1.54) is 11.3 Å². The second kappa shape index (κ2) is 6.36. The molecule has 2 rings (SSSR count). The van der Waals surface area contributed by atoms with Crippen molar-refractivity contribution in [3.05, 3.63) is 29.1 Å². The Hall–Kier alpha value is -2.12. The van der Waals surface area contributed by atoms with Crippen LogP contribution in [0.25, 0.3) is 10.1 Å². The summed E-state index contributed by atoms with van der Waals surface area (Å²) in [6.45, 7) is 0.424. The molecular formula is C13H15N3O3S. The summed E-state index contributed by atoms with van der Waals surface area (Å²) in [5.41, 5.74) is 11.3. The van der Waals surface area contributed by atoms with Gasteiger partial charge in [0.05, 0.1) is 11.5 Å². The number of amides is 2. The van der Waals surface area contributed by atoms with E-state index in [1.54, 1.807) is 12.1 Å². The monoisotopic (exact) mass is 293 g/mol. The van der Waals surface area contributed by atoms with E-state index in [0.717, 1.165) is 10.1 Å². The molecule has 0 aliphatic carbocycles. The molecule has 0 unspecified atom stereocenters. The zero-order valence-corrected chi connectivity index (χ0v) is 11.5. The quantitative estimate of drug-likeness (QED) is 0.538. The van der Waals surface area contributed by atoms with Crippen LogP contribution in [0.3, 0.4) is 0 Å². The summed E-state index contributed by atoms with van der Waals surface area (Å²) >= 11 is 1.40. The molecular weight excluding hydrogens is 278 g/mol. The normalized spacial score (nSPS) is 10.6. The first-order valence-electron chi connectivity index (χ1n) is 5.99. The zero-order valence-electron chi connectivity index (χ0n) is 10.7. The molecule has 7 heteroatoms. The van der Waals surface area contributed by atoms with Crippen molar-refractivity contribution < 1.29 is 14.3 Å². The fourth-order valence-electron chi connectivity index (χ4n) is 1.67. The van der Waals surface area contributed by atoms with Crippen molar-refractivity contribution in [3.63, 3.8) is 0 Å². The van der Waals surface area contributed by atoms with Gasteiger partial charge in [0.25, 0.3) is 5.91 Å². The molecule has 1 aromatic heterocycles. The Labute approximate surface area is 119 Å². The predicted molar refractivity (Wildman–Crippen MR) is 78.6 cm³/mol. The molecule has 2 aromatic rings. The van der Waals surface area contributed by atoms with Crippen molar-refractivity contribution in [2.45, 2.75) is 0 Å². The average Bonchev–Trinajstić information content (AvgIpc) is 2.80. The Bertz CT molecular complexity index is 639. The number of carbonyl (C=O) groups excluding carboxylic acids is 2. The van der Waals surface area contributed by atoms with Crippen LogP contribution in [0.4, 0.5) is 5.69 Å². The van der Waals surface area contributed by atoms with Gasteiger partial charge in [-0.1, -0.05) is 0 Å². The lowest BCUT2D eigenvalue weighted by atomic mass is 10.2. The highest BCUT2D eigenvalue weighted by Gasteiger charge is 2.09. The van der Waals surface area contributed by atoms with Crippen LogP contribution in [-0.4, -0.2) is 31.6 Å². The minimum atomic E-state index is -0.529. The second-order valence-corrected chi connectivity index (χ2v) is 5.27. The van der Waals surface area contributed by atoms with Gasteiger partial charge in [-0.05, 0) is 29.7 Å². The van der Waals surface area contributed by atoms with Gasteiger partial charge in [0.1, 0.15) is 6.61 Å². The van der Waals surface area contributed by atoms with Crippen LogP contribution in [0.15, 0.2) is 24.3 Å². The number of ether oxygens (including phenoxy) is 1. The van der Waals surface area contributed by atoms with Gasteiger partial charge in [-0.25, -0.2) is 0 Å². The molecule has 6 nitrogen and oxygen atoms in total. The number of benzene rings is 1. The number of hydrogen-bond donors (Lipinski definition) is 3. The molecule has 0 radical (unpaired) electrons. The Balaban J connectivity index is 1.89. The summed E-state index contributed by atoms with van der Waals surface area (Å²) in [7, 11) is 0. The Morgan fingerprint density at radius 2 is 2.10 bits per heavy atom. The molecule has 0 saturated carbocycles. The molecule has 1 heterocycles. The number of primary amides is 1. The number of fused-ring (bicyclic) bond motifs is 1. The summed E-state index contributed by atoms with van der Waals surface area (Å²) in [4.78, 5) is 23.0. The highest BCUT2D eigenvalue weighted by molar-refractivity contribution is 7.20. The lowest BCUT2D eigenvalue weighted by Gasteiger charge is -2.03. The Morgan fingerprint density at radius 1 is 1.30 bits per heavy atom. The van der Waals surface area contributed by atoms with E-state index < -0.39 is 5.91 Å². The van der Waals surface area contributed by atoms with Crippen LogP contribution in [0, 0.1) is 0 Å². The summed E-state index contributed by atoms with van der Waals surface area (Å²) in [5.74, 6) is -0.703. The average molecular weight is 293 g/mol. The van der Waals surface area contributed by atoms with E-state index >= 15 is 0 Å². The van der Waals surface area contributed by atoms with Gasteiger partial charge in [-0.2, -0.15) is 0 Å². The van der Waals surface area contributed by atoms with E-state index in [2.05, 4.69) is 5.32 Å². The lowest BCUT2D eigenvalue weighted by Crippen LogP contribution is -2.28. The predicted octanol–water partition coefficient (Wildman–Crippen LogP) is 0.715. The van der Waals surface area contributed by atoms with Gasteiger partial charge in [0.15, 0.2) is 0 Å². The maximum absolute atomic E-state index is 11.9. The van der Waals surface area contributed by atoms with Crippen LogP contribution in [-0.2, 0) is 9.53 Å². The summed E-state index contributed by atoms with van der Waals surface area (Å²) in [6, 6.07) is 7.33. The number of carbonyl (C=O) groups is 2. The van der Waals surface area contributed by atoms with E-state index in [4.69, 9.17) is 16.2 Å². The SMILES string of the molecule is NC(=O)COCCNC(=O)c1cc2cc(N)ccc2s1.